The molecular formula is C16H14F6N2O3S2. The summed E-state index contributed by atoms with van der Waals surface area (Å²) in [5, 5.41) is -0.749. The van der Waals surface area contributed by atoms with Crippen molar-refractivity contribution < 1.29 is 39.6 Å². The second kappa shape index (κ2) is 7.18. The van der Waals surface area contributed by atoms with Crippen molar-refractivity contribution >= 4 is 38.4 Å². The van der Waals surface area contributed by atoms with Gasteiger partial charge in [0.1, 0.15) is 0 Å². The first-order valence-electron chi connectivity index (χ1n) is 8.28. The average molecular weight is 460 g/mol. The summed E-state index contributed by atoms with van der Waals surface area (Å²) in [5.74, 6) is -1.38. The molecule has 0 N–H and O–H groups in total. The lowest BCUT2D eigenvalue weighted by Gasteiger charge is -2.26. The van der Waals surface area contributed by atoms with Gasteiger partial charge >= 0.3 is 12.4 Å². The van der Waals surface area contributed by atoms with E-state index in [1.54, 1.807) is 0 Å². The number of sulfone groups is 1. The summed E-state index contributed by atoms with van der Waals surface area (Å²) in [4.78, 5) is 16.5. The molecule has 0 radical (unpaired) electrons. The molecule has 5 nitrogen and oxygen atoms in total. The van der Waals surface area contributed by atoms with Crippen molar-refractivity contribution in [1.29, 1.82) is 0 Å². The van der Waals surface area contributed by atoms with Gasteiger partial charge in [-0.15, -0.1) is 0 Å². The Morgan fingerprint density at radius 3 is 2.14 bits per heavy atom. The van der Waals surface area contributed by atoms with Crippen LogP contribution in [0, 0.1) is 0 Å². The van der Waals surface area contributed by atoms with E-state index < -0.39 is 62.0 Å². The number of carbonyl (C=O) groups excluding carboxylic acids is 1. The number of halogens is 6. The van der Waals surface area contributed by atoms with Gasteiger partial charge < -0.3 is 4.90 Å². The molecule has 1 amide bonds. The Bertz CT molecular complexity index is 940. The fraction of sp³-hybridized carbons (Fsp3) is 0.500. The first-order valence-corrected chi connectivity index (χ1v) is 11.0. The number of anilines is 1. The van der Waals surface area contributed by atoms with E-state index in [0.717, 1.165) is 16.7 Å². The minimum atomic E-state index is -5.05. The van der Waals surface area contributed by atoms with Crippen LogP contribution in [0.1, 0.15) is 24.5 Å². The highest BCUT2D eigenvalue weighted by Crippen LogP contribution is 2.44. The maximum atomic E-state index is 13.2. The Balaban J connectivity index is 2.18. The Morgan fingerprint density at radius 2 is 1.66 bits per heavy atom. The largest absolute Gasteiger partial charge is 0.416 e. The second-order valence-electron chi connectivity index (χ2n) is 6.58. The number of hydrogen-bond donors (Lipinski definition) is 0. The van der Waals surface area contributed by atoms with Crippen LogP contribution in [0.3, 0.4) is 0 Å². The van der Waals surface area contributed by atoms with E-state index in [1.165, 1.54) is 6.92 Å². The van der Waals surface area contributed by atoms with Gasteiger partial charge in [0.25, 0.3) is 0 Å². The van der Waals surface area contributed by atoms with E-state index in [2.05, 4.69) is 4.99 Å². The smallest absolute Gasteiger partial charge is 0.316 e. The van der Waals surface area contributed by atoms with Gasteiger partial charge in [-0.2, -0.15) is 31.3 Å². The number of thioether (sulfide) groups is 1. The highest BCUT2D eigenvalue weighted by atomic mass is 32.2. The van der Waals surface area contributed by atoms with Gasteiger partial charge in [0, 0.05) is 17.4 Å². The fourth-order valence-electron chi connectivity index (χ4n) is 3.13. The van der Waals surface area contributed by atoms with E-state index in [0.29, 0.717) is 12.1 Å². The fourth-order valence-corrected chi connectivity index (χ4v) is 7.06. The lowest BCUT2D eigenvalue weighted by molar-refractivity contribution is -0.143. The normalized spacial score (nSPS) is 25.5. The van der Waals surface area contributed by atoms with E-state index in [-0.39, 0.29) is 23.4 Å². The quantitative estimate of drug-likeness (QED) is 0.630. The van der Waals surface area contributed by atoms with Gasteiger partial charge in [0.2, 0.25) is 5.91 Å². The predicted octanol–water partition coefficient (Wildman–Crippen LogP) is 3.74. The minimum absolute atomic E-state index is 0.0103. The number of alkyl halides is 6. The van der Waals surface area contributed by atoms with Crippen molar-refractivity contribution in [1.82, 2.24) is 0 Å². The number of aliphatic imine (C=N–C) groups is 1. The predicted molar refractivity (Wildman–Crippen MR) is 95.5 cm³/mol. The number of nitrogens with zero attached hydrogens (tertiary/aromatic N) is 2. The minimum Gasteiger partial charge on any atom is -0.316 e. The van der Waals surface area contributed by atoms with Gasteiger partial charge in [-0.05, 0) is 18.2 Å². The number of amides is 1. The van der Waals surface area contributed by atoms with Gasteiger partial charge in [-0.3, -0.25) is 4.79 Å². The lowest BCUT2D eigenvalue weighted by Crippen LogP contribution is -2.38. The zero-order chi connectivity index (χ0) is 21.8. The molecule has 0 saturated carbocycles. The van der Waals surface area contributed by atoms with Gasteiger partial charge in [-0.1, -0.05) is 18.7 Å². The maximum absolute atomic E-state index is 13.2. The van der Waals surface area contributed by atoms with E-state index in [4.69, 9.17) is 0 Å². The van der Waals surface area contributed by atoms with Gasteiger partial charge in [0.05, 0.1) is 28.7 Å². The van der Waals surface area contributed by atoms with Crippen LogP contribution in [0.2, 0.25) is 0 Å². The highest BCUT2D eigenvalue weighted by molar-refractivity contribution is 8.16. The standard InChI is InChI=1S/C16H14F6N2O3S2/c1-2-13(25)23-14-24(11-6-29(26,27)7-12(11)28-14)10-4-8(15(17,18)19)3-9(5-10)16(20,21)22/h3-5,11-12H,2,6-7H2,1H3/t11-,12-/m1/s1. The number of benzene rings is 1. The summed E-state index contributed by atoms with van der Waals surface area (Å²) in [5.41, 5.74) is -3.57. The van der Waals surface area contributed by atoms with Crippen molar-refractivity contribution in [2.45, 2.75) is 37.0 Å². The summed E-state index contributed by atoms with van der Waals surface area (Å²) in [7, 11) is -3.53. The van der Waals surface area contributed by atoms with Crippen LogP contribution in [-0.4, -0.2) is 42.3 Å². The second-order valence-corrected chi connectivity index (χ2v) is 9.94. The Hall–Kier alpha value is -1.76. The van der Waals surface area contributed by atoms with E-state index in [9.17, 15) is 39.6 Å². The summed E-state index contributed by atoms with van der Waals surface area (Å²) in [6, 6.07) is 0.0891. The summed E-state index contributed by atoms with van der Waals surface area (Å²) < 4.78 is 103. The monoisotopic (exact) mass is 460 g/mol. The SMILES string of the molecule is CCC(=O)N=C1S[C@@H]2CS(=O)(=O)C[C@H]2N1c1cc(C(F)(F)F)cc(C(F)(F)F)c1. The van der Waals surface area contributed by atoms with Gasteiger partial charge in [0.15, 0.2) is 15.0 Å². The van der Waals surface area contributed by atoms with Crippen LogP contribution in [0.25, 0.3) is 0 Å². The van der Waals surface area contributed by atoms with E-state index in [1.807, 2.05) is 0 Å². The zero-order valence-electron chi connectivity index (χ0n) is 14.7. The molecule has 0 bridgehead atoms. The van der Waals surface area contributed by atoms with Gasteiger partial charge in [-0.25, -0.2) is 8.42 Å². The molecule has 2 aliphatic heterocycles. The van der Waals surface area contributed by atoms with Crippen LogP contribution in [0.4, 0.5) is 32.0 Å². The molecule has 2 saturated heterocycles. The molecule has 1 aromatic carbocycles. The molecule has 29 heavy (non-hydrogen) atoms. The molecule has 0 aliphatic carbocycles. The topological polar surface area (TPSA) is 66.8 Å². The highest BCUT2D eigenvalue weighted by Gasteiger charge is 2.50. The molecule has 3 rings (SSSR count). The van der Waals surface area contributed by atoms with Crippen LogP contribution in [-0.2, 0) is 27.0 Å². The molecule has 0 spiro atoms. The Labute approximate surface area is 166 Å². The molecule has 1 aromatic rings. The number of rotatable bonds is 2. The zero-order valence-corrected chi connectivity index (χ0v) is 16.3. The number of carbonyl (C=O) groups is 1. The molecule has 0 aromatic heterocycles. The molecule has 2 aliphatic rings. The molecule has 2 fully saturated rings. The number of amidine groups is 1. The molecular weight excluding hydrogens is 446 g/mol. The van der Waals surface area contributed by atoms with Crippen molar-refractivity contribution in [2.75, 3.05) is 16.4 Å². The average Bonchev–Trinajstić information content (AvgIpc) is 3.03. The Morgan fingerprint density at radius 1 is 1.10 bits per heavy atom. The first-order chi connectivity index (χ1) is 13.2. The van der Waals surface area contributed by atoms with E-state index >= 15 is 0 Å². The van der Waals surface area contributed by atoms with Crippen LogP contribution in [0.5, 0.6) is 0 Å². The summed E-state index contributed by atoms with van der Waals surface area (Å²) in [6.07, 6.45) is -10.1. The summed E-state index contributed by atoms with van der Waals surface area (Å²) in [6.45, 7) is 1.49. The molecule has 2 atom stereocenters. The van der Waals surface area contributed by atoms with Crippen molar-refractivity contribution in [3.05, 3.63) is 29.3 Å². The van der Waals surface area contributed by atoms with Crippen molar-refractivity contribution in [3.63, 3.8) is 0 Å². The van der Waals surface area contributed by atoms with Crippen LogP contribution in [0.15, 0.2) is 23.2 Å². The maximum Gasteiger partial charge on any atom is 0.416 e. The Kier molecular flexibility index (Phi) is 5.43. The molecule has 160 valence electrons. The molecule has 0 unspecified atom stereocenters. The van der Waals surface area contributed by atoms with Crippen LogP contribution >= 0.6 is 11.8 Å². The third-order valence-corrected chi connectivity index (χ3v) is 7.65. The van der Waals surface area contributed by atoms with Crippen molar-refractivity contribution in [2.24, 2.45) is 4.99 Å². The lowest BCUT2D eigenvalue weighted by atomic mass is 10.1. The van der Waals surface area contributed by atoms with Crippen LogP contribution < -0.4 is 4.90 Å². The number of hydrogen-bond acceptors (Lipinski definition) is 4. The molecule has 2 heterocycles. The first kappa shape index (κ1) is 21.9. The third kappa shape index (κ3) is 4.55. The molecule has 13 heteroatoms. The third-order valence-electron chi connectivity index (χ3n) is 4.44. The number of fused-ring (bicyclic) bond motifs is 1. The summed E-state index contributed by atoms with van der Waals surface area (Å²) >= 11 is 0.870. The van der Waals surface area contributed by atoms with Crippen molar-refractivity contribution in [3.8, 4) is 0 Å².